The Morgan fingerprint density at radius 2 is 1.89 bits per heavy atom. The first-order chi connectivity index (χ1) is 8.78. The van der Waals surface area contributed by atoms with Crippen LogP contribution in [0.2, 0.25) is 5.02 Å². The lowest BCUT2D eigenvalue weighted by Gasteiger charge is -2.03. The van der Waals surface area contributed by atoms with E-state index in [9.17, 15) is 0 Å². The molecule has 0 aliphatic rings. The fourth-order valence-electron chi connectivity index (χ4n) is 2.00. The Labute approximate surface area is 110 Å². The van der Waals surface area contributed by atoms with Crippen LogP contribution >= 0.6 is 11.6 Å². The molecule has 0 atom stereocenters. The first-order valence-corrected chi connectivity index (χ1v) is 6.13. The molecule has 3 heteroatoms. The van der Waals surface area contributed by atoms with Gasteiger partial charge in [0.15, 0.2) is 0 Å². The van der Waals surface area contributed by atoms with Crippen LogP contribution in [0.4, 0.5) is 0 Å². The van der Waals surface area contributed by atoms with Crippen LogP contribution in [0.5, 0.6) is 0 Å². The molecule has 0 unspecified atom stereocenters. The van der Waals surface area contributed by atoms with Crippen LogP contribution in [0.25, 0.3) is 22.3 Å². The Kier molecular flexibility index (Phi) is 2.82. The number of rotatable bonds is 2. The van der Waals surface area contributed by atoms with E-state index in [1.54, 1.807) is 0 Å². The van der Waals surface area contributed by atoms with Crippen molar-refractivity contribution in [1.82, 2.24) is 0 Å². The van der Waals surface area contributed by atoms with E-state index in [-0.39, 0.29) is 0 Å². The largest absolute Gasteiger partial charge is 0.456 e. The highest BCUT2D eigenvalue weighted by Gasteiger charge is 2.09. The number of fused-ring (bicyclic) bond motifs is 1. The average Bonchev–Trinajstić information content (AvgIpc) is 2.81. The minimum Gasteiger partial charge on any atom is -0.456 e. The fraction of sp³-hybridized carbons (Fsp3) is 0.0667. The lowest BCUT2D eigenvalue weighted by Crippen LogP contribution is -1.95. The van der Waals surface area contributed by atoms with Gasteiger partial charge in [0, 0.05) is 17.5 Å². The third-order valence-corrected chi connectivity index (χ3v) is 3.27. The van der Waals surface area contributed by atoms with Crippen molar-refractivity contribution in [3.05, 3.63) is 59.1 Å². The molecule has 0 saturated heterocycles. The molecular weight excluding hydrogens is 246 g/mol. The Morgan fingerprint density at radius 3 is 2.61 bits per heavy atom. The minimum absolute atomic E-state index is 0.486. The lowest BCUT2D eigenvalue weighted by atomic mass is 10.1. The van der Waals surface area contributed by atoms with Crippen molar-refractivity contribution in [2.45, 2.75) is 6.54 Å². The van der Waals surface area contributed by atoms with Gasteiger partial charge in [0.25, 0.3) is 0 Å². The van der Waals surface area contributed by atoms with Crippen LogP contribution in [0.3, 0.4) is 0 Å². The van der Waals surface area contributed by atoms with Crippen molar-refractivity contribution < 1.29 is 4.42 Å². The molecule has 2 nitrogen and oxygen atoms in total. The van der Waals surface area contributed by atoms with Crippen LogP contribution < -0.4 is 5.73 Å². The van der Waals surface area contributed by atoms with E-state index in [0.717, 1.165) is 27.9 Å². The highest BCUT2D eigenvalue weighted by molar-refractivity contribution is 6.33. The molecule has 2 aromatic carbocycles. The summed E-state index contributed by atoms with van der Waals surface area (Å²) in [5, 5.41) is 1.74. The van der Waals surface area contributed by atoms with Crippen molar-refractivity contribution in [1.29, 1.82) is 0 Å². The molecule has 1 heterocycles. The molecule has 0 aliphatic carbocycles. The topological polar surface area (TPSA) is 39.2 Å². The maximum atomic E-state index is 6.25. The van der Waals surface area contributed by atoms with Crippen molar-refractivity contribution in [2.24, 2.45) is 5.73 Å². The molecular formula is C15H12ClNO. The number of nitrogens with two attached hydrogens (primary N) is 1. The Balaban J connectivity index is 2.14. The van der Waals surface area contributed by atoms with Gasteiger partial charge in [0.05, 0.1) is 5.02 Å². The third kappa shape index (κ3) is 1.90. The monoisotopic (exact) mass is 257 g/mol. The molecule has 0 bridgehead atoms. The first-order valence-electron chi connectivity index (χ1n) is 5.75. The van der Waals surface area contributed by atoms with E-state index >= 15 is 0 Å². The Morgan fingerprint density at radius 1 is 1.06 bits per heavy atom. The van der Waals surface area contributed by atoms with E-state index in [0.29, 0.717) is 11.6 Å². The van der Waals surface area contributed by atoms with Gasteiger partial charge in [-0.1, -0.05) is 35.9 Å². The van der Waals surface area contributed by atoms with E-state index in [4.69, 9.17) is 21.8 Å². The molecule has 0 radical (unpaired) electrons. The van der Waals surface area contributed by atoms with Gasteiger partial charge in [-0.05, 0) is 29.8 Å². The van der Waals surface area contributed by atoms with Gasteiger partial charge < -0.3 is 10.2 Å². The van der Waals surface area contributed by atoms with Crippen LogP contribution in [0.15, 0.2) is 52.9 Å². The third-order valence-electron chi connectivity index (χ3n) is 2.96. The Hall–Kier alpha value is -1.77. The molecule has 3 aromatic rings. The van der Waals surface area contributed by atoms with Crippen molar-refractivity contribution in [2.75, 3.05) is 0 Å². The predicted molar refractivity (Wildman–Crippen MR) is 74.6 cm³/mol. The molecule has 0 fully saturated rings. The number of furan rings is 1. The van der Waals surface area contributed by atoms with Gasteiger partial charge in [0.1, 0.15) is 11.3 Å². The summed E-state index contributed by atoms with van der Waals surface area (Å²) in [5.74, 6) is 0.782. The van der Waals surface area contributed by atoms with E-state index in [1.165, 1.54) is 0 Å². The van der Waals surface area contributed by atoms with E-state index in [1.807, 2.05) is 48.5 Å². The van der Waals surface area contributed by atoms with Gasteiger partial charge in [-0.2, -0.15) is 0 Å². The number of hydrogen-bond donors (Lipinski definition) is 1. The highest BCUT2D eigenvalue weighted by atomic mass is 35.5. The second kappa shape index (κ2) is 4.48. The summed E-state index contributed by atoms with van der Waals surface area (Å²) in [7, 11) is 0. The maximum Gasteiger partial charge on any atom is 0.136 e. The molecule has 0 aliphatic heterocycles. The summed E-state index contributed by atoms with van der Waals surface area (Å²) in [4.78, 5) is 0. The zero-order chi connectivity index (χ0) is 12.5. The van der Waals surface area contributed by atoms with Gasteiger partial charge >= 0.3 is 0 Å². The predicted octanol–water partition coefficient (Wildman–Crippen LogP) is 4.21. The summed E-state index contributed by atoms with van der Waals surface area (Å²) in [6.07, 6.45) is 0. The molecule has 3 rings (SSSR count). The van der Waals surface area contributed by atoms with Gasteiger partial charge in [-0.25, -0.2) is 0 Å². The summed E-state index contributed by atoms with van der Waals surface area (Å²) in [6.45, 7) is 0.486. The summed E-state index contributed by atoms with van der Waals surface area (Å²) in [5.41, 5.74) is 8.36. The molecule has 0 spiro atoms. The zero-order valence-corrected chi connectivity index (χ0v) is 10.4. The van der Waals surface area contributed by atoms with Gasteiger partial charge in [-0.15, -0.1) is 0 Å². The quantitative estimate of drug-likeness (QED) is 0.747. The molecule has 0 amide bonds. The smallest absolute Gasteiger partial charge is 0.136 e. The standard InChI is InChI=1S/C15H12ClNO/c16-13-7-10(9-17)5-6-12(13)15-8-11-3-1-2-4-14(11)18-15/h1-8H,9,17H2. The normalized spacial score (nSPS) is 11.0. The molecule has 90 valence electrons. The molecule has 2 N–H and O–H groups in total. The SMILES string of the molecule is NCc1ccc(-c2cc3ccccc3o2)c(Cl)c1. The molecule has 1 aromatic heterocycles. The van der Waals surface area contributed by atoms with Crippen molar-refractivity contribution in [3.63, 3.8) is 0 Å². The maximum absolute atomic E-state index is 6.25. The minimum atomic E-state index is 0.486. The summed E-state index contributed by atoms with van der Waals surface area (Å²) >= 11 is 6.25. The highest BCUT2D eigenvalue weighted by Crippen LogP contribution is 2.32. The van der Waals surface area contributed by atoms with E-state index in [2.05, 4.69) is 0 Å². The van der Waals surface area contributed by atoms with Crippen LogP contribution in [0, 0.1) is 0 Å². The fourth-order valence-corrected chi connectivity index (χ4v) is 2.30. The van der Waals surface area contributed by atoms with Crippen LogP contribution in [-0.4, -0.2) is 0 Å². The Bertz CT molecular complexity index is 670. The second-order valence-electron chi connectivity index (χ2n) is 4.17. The van der Waals surface area contributed by atoms with Crippen LogP contribution in [-0.2, 0) is 6.54 Å². The molecule has 18 heavy (non-hydrogen) atoms. The second-order valence-corrected chi connectivity index (χ2v) is 4.57. The zero-order valence-electron chi connectivity index (χ0n) is 9.69. The lowest BCUT2D eigenvalue weighted by molar-refractivity contribution is 0.631. The summed E-state index contributed by atoms with van der Waals surface area (Å²) < 4.78 is 5.79. The van der Waals surface area contributed by atoms with Crippen molar-refractivity contribution >= 4 is 22.6 Å². The summed E-state index contributed by atoms with van der Waals surface area (Å²) in [6, 6.07) is 15.7. The van der Waals surface area contributed by atoms with Gasteiger partial charge in [-0.3, -0.25) is 0 Å². The van der Waals surface area contributed by atoms with E-state index < -0.39 is 0 Å². The average molecular weight is 258 g/mol. The number of hydrogen-bond acceptors (Lipinski definition) is 2. The first kappa shape index (κ1) is 11.3. The van der Waals surface area contributed by atoms with Crippen LogP contribution in [0.1, 0.15) is 5.56 Å². The number of para-hydroxylation sites is 1. The van der Waals surface area contributed by atoms with Gasteiger partial charge in [0.2, 0.25) is 0 Å². The molecule has 0 saturated carbocycles. The number of halogens is 1. The number of benzene rings is 2. The van der Waals surface area contributed by atoms with Crippen molar-refractivity contribution in [3.8, 4) is 11.3 Å².